The number of alkyl halides is 1. The highest BCUT2D eigenvalue weighted by atomic mass is 35.5. The van der Waals surface area contributed by atoms with Crippen molar-refractivity contribution in [3.05, 3.63) is 40.5 Å². The fourth-order valence-electron chi connectivity index (χ4n) is 1.97. The second-order valence-corrected chi connectivity index (χ2v) is 5.03. The summed E-state index contributed by atoms with van der Waals surface area (Å²) in [4.78, 5) is 15.2. The van der Waals surface area contributed by atoms with Crippen LogP contribution in [0.3, 0.4) is 0 Å². The normalized spacial score (nSPS) is 12.0. The first-order valence-electron chi connectivity index (χ1n) is 6.41. The molecule has 0 amide bonds. The molecule has 1 heterocycles. The van der Waals surface area contributed by atoms with Gasteiger partial charge in [0, 0.05) is 12.5 Å². The maximum absolute atomic E-state index is 12.8. The van der Waals surface area contributed by atoms with Crippen LogP contribution in [-0.2, 0) is 0 Å². The van der Waals surface area contributed by atoms with Crippen molar-refractivity contribution in [2.24, 2.45) is 0 Å². The molecule has 0 aliphatic carbocycles. The number of nitrogens with zero attached hydrogens (tertiary/aromatic N) is 1. The highest BCUT2D eigenvalue weighted by Crippen LogP contribution is 2.33. The second-order valence-electron chi connectivity index (χ2n) is 4.65. The van der Waals surface area contributed by atoms with Gasteiger partial charge in [0.25, 0.3) is 0 Å². The van der Waals surface area contributed by atoms with Gasteiger partial charge in [0.1, 0.15) is 5.75 Å². The van der Waals surface area contributed by atoms with Gasteiger partial charge >= 0.3 is 5.97 Å². The van der Waals surface area contributed by atoms with E-state index in [0.717, 1.165) is 0 Å². The van der Waals surface area contributed by atoms with Gasteiger partial charge in [-0.2, -0.15) is 0 Å². The van der Waals surface area contributed by atoms with E-state index in [-0.39, 0.29) is 16.4 Å². The van der Waals surface area contributed by atoms with E-state index in [1.165, 1.54) is 6.92 Å². The third-order valence-corrected chi connectivity index (χ3v) is 3.44. The molecule has 0 bridgehead atoms. The predicted octanol–water partition coefficient (Wildman–Crippen LogP) is 3.69. The number of halogens is 2. The predicted molar refractivity (Wildman–Crippen MR) is 82.0 cm³/mol. The van der Waals surface area contributed by atoms with Crippen LogP contribution in [0, 0.1) is 6.92 Å². The van der Waals surface area contributed by atoms with E-state index in [9.17, 15) is 9.18 Å². The highest BCUT2D eigenvalue weighted by Gasteiger charge is 2.19. The monoisotopic (exact) mass is 324 g/mol. The molecule has 0 aliphatic rings. The average Bonchev–Trinajstić information content (AvgIpc) is 2.45. The van der Waals surface area contributed by atoms with Gasteiger partial charge in [-0.05, 0) is 36.8 Å². The third kappa shape index (κ3) is 3.12. The molecule has 3 N–H and O–H groups in total. The van der Waals surface area contributed by atoms with Crippen molar-refractivity contribution in [1.82, 2.24) is 4.98 Å². The first-order chi connectivity index (χ1) is 10.3. The third-order valence-electron chi connectivity index (χ3n) is 3.06. The summed E-state index contributed by atoms with van der Waals surface area (Å²) >= 11 is 5.91. The standard InChI is InChI=1S/C15H14ClFN2O3/c1-7-12(18)11(16)14(15(20)21)19-13(7)9-3-5-10(6-4-9)22-8(2)17/h3-6,8H,1-2H3,(H2,18,19)(H,20,21). The van der Waals surface area contributed by atoms with Crippen molar-refractivity contribution in [3.63, 3.8) is 0 Å². The molecule has 0 saturated carbocycles. The highest BCUT2D eigenvalue weighted by molar-refractivity contribution is 6.36. The minimum absolute atomic E-state index is 0.0834. The number of nitrogens with two attached hydrogens (primary N) is 1. The number of anilines is 1. The number of carboxylic acid groups (broad SMARTS) is 1. The van der Waals surface area contributed by atoms with E-state index in [2.05, 4.69) is 4.98 Å². The van der Waals surface area contributed by atoms with Gasteiger partial charge in [0.05, 0.1) is 16.4 Å². The number of nitrogen functional groups attached to an aromatic ring is 1. The number of aromatic nitrogens is 1. The Kier molecular flexibility index (Phi) is 4.51. The molecule has 116 valence electrons. The lowest BCUT2D eigenvalue weighted by atomic mass is 10.0. The summed E-state index contributed by atoms with van der Waals surface area (Å²) in [6.07, 6.45) is -1.42. The minimum Gasteiger partial charge on any atom is -0.476 e. The SMILES string of the molecule is Cc1c(-c2ccc(OC(C)F)cc2)nc(C(=O)O)c(Cl)c1N. The molecule has 0 radical (unpaired) electrons. The number of hydrogen-bond acceptors (Lipinski definition) is 4. The molecule has 2 aromatic rings. The topological polar surface area (TPSA) is 85.4 Å². The zero-order chi connectivity index (χ0) is 16.4. The summed E-state index contributed by atoms with van der Waals surface area (Å²) in [6.45, 7) is 2.97. The molecule has 1 aromatic heterocycles. The molecule has 0 fully saturated rings. The Morgan fingerprint density at radius 2 is 2.00 bits per heavy atom. The number of aromatic carboxylic acids is 1. The fourth-order valence-corrected chi connectivity index (χ4v) is 2.23. The smallest absolute Gasteiger partial charge is 0.356 e. The van der Waals surface area contributed by atoms with Crippen LogP contribution in [-0.4, -0.2) is 22.4 Å². The van der Waals surface area contributed by atoms with Crippen LogP contribution in [0.15, 0.2) is 24.3 Å². The number of rotatable bonds is 4. The Hall–Kier alpha value is -2.34. The van der Waals surface area contributed by atoms with Gasteiger partial charge in [-0.1, -0.05) is 11.6 Å². The molecule has 22 heavy (non-hydrogen) atoms. The van der Waals surface area contributed by atoms with Crippen molar-refractivity contribution in [2.45, 2.75) is 20.2 Å². The maximum atomic E-state index is 12.8. The molecule has 0 spiro atoms. The summed E-state index contributed by atoms with van der Waals surface area (Å²) in [5.74, 6) is -0.902. The number of carboxylic acids is 1. The Bertz CT molecular complexity index is 718. The Balaban J connectivity index is 2.50. The lowest BCUT2D eigenvalue weighted by molar-refractivity contribution is 0.0690. The van der Waals surface area contributed by atoms with Gasteiger partial charge in [-0.3, -0.25) is 0 Å². The first kappa shape index (κ1) is 16.0. The zero-order valence-electron chi connectivity index (χ0n) is 11.9. The van der Waals surface area contributed by atoms with Crippen LogP contribution in [0.25, 0.3) is 11.3 Å². The van der Waals surface area contributed by atoms with E-state index >= 15 is 0 Å². The lowest BCUT2D eigenvalue weighted by Crippen LogP contribution is -2.08. The molecule has 2 rings (SSSR count). The van der Waals surface area contributed by atoms with Crippen molar-refractivity contribution < 1.29 is 19.0 Å². The lowest BCUT2D eigenvalue weighted by Gasteiger charge is -2.12. The molecule has 7 heteroatoms. The largest absolute Gasteiger partial charge is 0.476 e. The van der Waals surface area contributed by atoms with Gasteiger partial charge in [-0.15, -0.1) is 0 Å². The van der Waals surface area contributed by atoms with Crippen molar-refractivity contribution in [2.75, 3.05) is 5.73 Å². The van der Waals surface area contributed by atoms with Crippen LogP contribution >= 0.6 is 11.6 Å². The average molecular weight is 325 g/mol. The molecule has 5 nitrogen and oxygen atoms in total. The summed E-state index contributed by atoms with van der Waals surface area (Å²) in [7, 11) is 0. The maximum Gasteiger partial charge on any atom is 0.356 e. The molecule has 1 atom stereocenters. The number of pyridine rings is 1. The van der Waals surface area contributed by atoms with Crippen molar-refractivity contribution in [3.8, 4) is 17.0 Å². The van der Waals surface area contributed by atoms with Gasteiger partial charge in [-0.25, -0.2) is 14.2 Å². The molecule has 1 unspecified atom stereocenters. The van der Waals surface area contributed by atoms with Crippen molar-refractivity contribution >= 4 is 23.3 Å². The van der Waals surface area contributed by atoms with Gasteiger partial charge in [0.15, 0.2) is 5.69 Å². The van der Waals surface area contributed by atoms with Gasteiger partial charge in [0.2, 0.25) is 6.36 Å². The summed E-state index contributed by atoms with van der Waals surface area (Å²) in [5, 5.41) is 9.05. The second kappa shape index (κ2) is 6.19. The zero-order valence-corrected chi connectivity index (χ0v) is 12.7. The van der Waals surface area contributed by atoms with E-state index in [1.54, 1.807) is 31.2 Å². The van der Waals surface area contributed by atoms with Crippen LogP contribution in [0.2, 0.25) is 5.02 Å². The molecular weight excluding hydrogens is 311 g/mol. The summed E-state index contributed by atoms with van der Waals surface area (Å²) < 4.78 is 17.7. The number of benzene rings is 1. The summed E-state index contributed by atoms with van der Waals surface area (Å²) in [5.41, 5.74) is 7.31. The Morgan fingerprint density at radius 1 is 1.41 bits per heavy atom. The van der Waals surface area contributed by atoms with E-state index in [1.807, 2.05) is 0 Å². The van der Waals surface area contributed by atoms with Crippen LogP contribution < -0.4 is 10.5 Å². The van der Waals surface area contributed by atoms with Crippen LogP contribution in [0.5, 0.6) is 5.75 Å². The fraction of sp³-hybridized carbons (Fsp3) is 0.200. The quantitative estimate of drug-likeness (QED) is 0.896. The van der Waals surface area contributed by atoms with Gasteiger partial charge < -0.3 is 15.6 Å². The van der Waals surface area contributed by atoms with Crippen molar-refractivity contribution in [1.29, 1.82) is 0 Å². The Morgan fingerprint density at radius 3 is 2.50 bits per heavy atom. The summed E-state index contributed by atoms with van der Waals surface area (Å²) in [6, 6.07) is 6.42. The number of carbonyl (C=O) groups is 1. The Labute approximate surface area is 131 Å². The minimum atomic E-state index is -1.42. The molecule has 1 aromatic carbocycles. The van der Waals surface area contributed by atoms with E-state index in [0.29, 0.717) is 22.6 Å². The molecule has 0 aliphatic heterocycles. The molecule has 0 saturated heterocycles. The van der Waals surface area contributed by atoms with E-state index in [4.69, 9.17) is 27.2 Å². The van der Waals surface area contributed by atoms with E-state index < -0.39 is 12.3 Å². The number of hydrogen-bond donors (Lipinski definition) is 2. The first-order valence-corrected chi connectivity index (χ1v) is 6.79. The van der Waals surface area contributed by atoms with Crippen LogP contribution in [0.1, 0.15) is 23.0 Å². The number of ether oxygens (including phenoxy) is 1. The molecular formula is C15H14ClFN2O3. The van der Waals surface area contributed by atoms with Crippen LogP contribution in [0.4, 0.5) is 10.1 Å².